The largest absolute Gasteiger partial charge is 0.460 e. The summed E-state index contributed by atoms with van der Waals surface area (Å²) in [7, 11) is 0. The molecule has 2 atom stereocenters. The topological polar surface area (TPSA) is 69.0 Å². The fourth-order valence-corrected chi connectivity index (χ4v) is 5.89. The Balaban J connectivity index is 1.03. The van der Waals surface area contributed by atoms with Gasteiger partial charge in [-0.3, -0.25) is 4.79 Å². The lowest BCUT2D eigenvalue weighted by atomic mass is 9.91. The van der Waals surface area contributed by atoms with E-state index in [-0.39, 0.29) is 23.0 Å². The SMILES string of the molecule is O=C(C[C@H]1CC[C@H](CCN2CCc3nc(OCC(F)(F)F)sc3CC2)OC1)c1ccn2ncccc12. The standard InChI is InChI=1S/C25H29F3N4O3S/c26-25(27,28)16-35-24-30-20-7-11-31(12-8-23(20)36-24)10-5-18-4-3-17(15-34-18)14-22(33)19-6-13-32-21(19)2-1-9-29-32/h1-2,6,9,13,17-18H,3-5,7-8,10-12,14-16H2/t17-,18-/m1/s1. The molecule has 3 aromatic rings. The highest BCUT2D eigenvalue weighted by Gasteiger charge is 2.30. The molecule has 0 unspecified atom stereocenters. The number of nitrogens with zero attached hydrogens (tertiary/aromatic N) is 4. The summed E-state index contributed by atoms with van der Waals surface area (Å²) in [6, 6.07) is 5.58. The number of aromatic nitrogens is 3. The number of hydrogen-bond donors (Lipinski definition) is 0. The van der Waals surface area contributed by atoms with Gasteiger partial charge in [-0.15, -0.1) is 0 Å². The fraction of sp³-hybridized carbons (Fsp3) is 0.560. The highest BCUT2D eigenvalue weighted by molar-refractivity contribution is 7.13. The summed E-state index contributed by atoms with van der Waals surface area (Å²) in [4.78, 5) is 20.5. The number of halogens is 3. The minimum absolute atomic E-state index is 0.108. The number of Topliss-reactive ketones (excluding diaryl/α,β-unsaturated/α-hetero) is 1. The predicted molar refractivity (Wildman–Crippen MR) is 129 cm³/mol. The van der Waals surface area contributed by atoms with Crippen molar-refractivity contribution in [2.75, 3.05) is 32.8 Å². The van der Waals surface area contributed by atoms with Gasteiger partial charge in [0.25, 0.3) is 5.19 Å². The van der Waals surface area contributed by atoms with Gasteiger partial charge in [-0.05, 0) is 49.8 Å². The van der Waals surface area contributed by atoms with Crippen LogP contribution >= 0.6 is 11.3 Å². The van der Waals surface area contributed by atoms with Crippen LogP contribution in [0.5, 0.6) is 5.19 Å². The molecular formula is C25H29F3N4O3S. The zero-order chi connectivity index (χ0) is 25.1. The van der Waals surface area contributed by atoms with Crippen LogP contribution in [0.4, 0.5) is 13.2 Å². The number of alkyl halides is 3. The minimum atomic E-state index is -4.36. The number of thiazole rings is 1. The number of hydrogen-bond acceptors (Lipinski definition) is 7. The second-order valence-corrected chi connectivity index (χ2v) is 10.5. The van der Waals surface area contributed by atoms with Crippen LogP contribution in [0.25, 0.3) is 5.52 Å². The Hall–Kier alpha value is -2.50. The normalized spacial score (nSPS) is 21.3. The molecule has 2 aliphatic rings. The van der Waals surface area contributed by atoms with E-state index in [0.29, 0.717) is 25.0 Å². The summed E-state index contributed by atoms with van der Waals surface area (Å²) in [6.07, 6.45) is 4.15. The lowest BCUT2D eigenvalue weighted by Crippen LogP contribution is -2.33. The maximum atomic E-state index is 12.8. The van der Waals surface area contributed by atoms with Crippen molar-refractivity contribution in [1.82, 2.24) is 19.5 Å². The third-order valence-corrected chi connectivity index (χ3v) is 7.95. The van der Waals surface area contributed by atoms with E-state index in [1.54, 1.807) is 10.7 Å². The summed E-state index contributed by atoms with van der Waals surface area (Å²) in [5, 5.41) is 4.33. The number of rotatable bonds is 8. The molecule has 2 aliphatic heterocycles. The molecule has 1 saturated heterocycles. The monoisotopic (exact) mass is 522 g/mol. The maximum Gasteiger partial charge on any atom is 0.422 e. The molecule has 0 N–H and O–H groups in total. The van der Waals surface area contributed by atoms with Crippen molar-refractivity contribution in [2.45, 2.75) is 50.8 Å². The molecule has 194 valence electrons. The minimum Gasteiger partial charge on any atom is -0.460 e. The smallest absolute Gasteiger partial charge is 0.422 e. The third kappa shape index (κ3) is 6.24. The van der Waals surface area contributed by atoms with Gasteiger partial charge in [0, 0.05) is 55.3 Å². The Kier molecular flexibility index (Phi) is 7.59. The third-order valence-electron chi connectivity index (χ3n) is 6.88. The molecule has 5 heterocycles. The van der Waals surface area contributed by atoms with Crippen LogP contribution in [0.3, 0.4) is 0 Å². The second-order valence-electron chi connectivity index (χ2n) is 9.49. The van der Waals surface area contributed by atoms with Crippen LogP contribution in [0.1, 0.15) is 46.6 Å². The van der Waals surface area contributed by atoms with E-state index in [9.17, 15) is 18.0 Å². The van der Waals surface area contributed by atoms with Gasteiger partial charge in [0.2, 0.25) is 0 Å². The molecule has 0 spiro atoms. The molecule has 0 radical (unpaired) electrons. The zero-order valence-electron chi connectivity index (χ0n) is 19.9. The number of ether oxygens (including phenoxy) is 2. The van der Waals surface area contributed by atoms with Gasteiger partial charge < -0.3 is 14.4 Å². The number of carbonyl (C=O) groups is 1. The Bertz CT molecular complexity index is 1160. The molecule has 7 nitrogen and oxygen atoms in total. The lowest BCUT2D eigenvalue weighted by Gasteiger charge is -2.30. The lowest BCUT2D eigenvalue weighted by molar-refractivity contribution is -0.153. The summed E-state index contributed by atoms with van der Waals surface area (Å²) < 4.78 is 49.8. The van der Waals surface area contributed by atoms with E-state index < -0.39 is 12.8 Å². The molecule has 0 bridgehead atoms. The van der Waals surface area contributed by atoms with E-state index >= 15 is 0 Å². The number of ketones is 1. The number of fused-ring (bicyclic) bond motifs is 2. The van der Waals surface area contributed by atoms with Crippen molar-refractivity contribution in [3.05, 3.63) is 46.7 Å². The highest BCUT2D eigenvalue weighted by atomic mass is 32.1. The van der Waals surface area contributed by atoms with Gasteiger partial charge in [-0.1, -0.05) is 11.3 Å². The molecule has 0 amide bonds. The highest BCUT2D eigenvalue weighted by Crippen LogP contribution is 2.30. The van der Waals surface area contributed by atoms with Crippen molar-refractivity contribution < 1.29 is 27.4 Å². The molecule has 11 heteroatoms. The summed E-state index contributed by atoms with van der Waals surface area (Å²) in [5.74, 6) is 0.365. The Morgan fingerprint density at radius 3 is 2.89 bits per heavy atom. The van der Waals surface area contributed by atoms with Crippen molar-refractivity contribution in [2.24, 2.45) is 5.92 Å². The van der Waals surface area contributed by atoms with Crippen LogP contribution in [-0.2, 0) is 17.6 Å². The van der Waals surface area contributed by atoms with Gasteiger partial charge in [0.15, 0.2) is 12.4 Å². The molecule has 5 rings (SSSR count). The molecule has 0 saturated carbocycles. The van der Waals surface area contributed by atoms with E-state index in [2.05, 4.69) is 15.0 Å². The van der Waals surface area contributed by atoms with Crippen LogP contribution < -0.4 is 4.74 Å². The summed E-state index contributed by atoms with van der Waals surface area (Å²) in [5.41, 5.74) is 2.41. The van der Waals surface area contributed by atoms with E-state index in [0.717, 1.165) is 61.4 Å². The summed E-state index contributed by atoms with van der Waals surface area (Å²) >= 11 is 1.22. The van der Waals surface area contributed by atoms with Crippen LogP contribution in [0.15, 0.2) is 30.6 Å². The van der Waals surface area contributed by atoms with E-state index in [4.69, 9.17) is 9.47 Å². The quantitative estimate of drug-likeness (QED) is 0.403. The van der Waals surface area contributed by atoms with E-state index in [1.165, 1.54) is 11.3 Å². The molecular weight excluding hydrogens is 493 g/mol. The Labute approximate surface area is 211 Å². The maximum absolute atomic E-state index is 12.8. The fourth-order valence-electron chi connectivity index (χ4n) is 4.94. The van der Waals surface area contributed by atoms with Gasteiger partial charge in [0.05, 0.1) is 23.9 Å². The number of carbonyl (C=O) groups excluding carboxylic acids is 1. The van der Waals surface area contributed by atoms with Gasteiger partial charge in [-0.2, -0.15) is 18.3 Å². The first-order valence-corrected chi connectivity index (χ1v) is 13.1. The van der Waals surface area contributed by atoms with Crippen molar-refractivity contribution >= 4 is 22.6 Å². The van der Waals surface area contributed by atoms with Crippen molar-refractivity contribution in [3.63, 3.8) is 0 Å². The van der Waals surface area contributed by atoms with Crippen molar-refractivity contribution in [3.8, 4) is 5.19 Å². The van der Waals surface area contributed by atoms with Gasteiger partial charge in [0.1, 0.15) is 0 Å². The van der Waals surface area contributed by atoms with Crippen LogP contribution in [0.2, 0.25) is 0 Å². The first-order valence-electron chi connectivity index (χ1n) is 12.3. The van der Waals surface area contributed by atoms with E-state index in [1.807, 2.05) is 24.4 Å². The van der Waals surface area contributed by atoms with Crippen LogP contribution in [0, 0.1) is 5.92 Å². The molecule has 3 aromatic heterocycles. The molecule has 36 heavy (non-hydrogen) atoms. The van der Waals surface area contributed by atoms with Crippen LogP contribution in [-0.4, -0.2) is 70.4 Å². The first kappa shape index (κ1) is 25.2. The average molecular weight is 523 g/mol. The van der Waals surface area contributed by atoms with Crippen molar-refractivity contribution in [1.29, 1.82) is 0 Å². The average Bonchev–Trinajstić information content (AvgIpc) is 3.42. The van der Waals surface area contributed by atoms with Gasteiger partial charge in [-0.25, -0.2) is 9.50 Å². The second kappa shape index (κ2) is 10.9. The van der Waals surface area contributed by atoms with Gasteiger partial charge >= 0.3 is 6.18 Å². The zero-order valence-corrected chi connectivity index (χ0v) is 20.7. The first-order chi connectivity index (χ1) is 17.3. The molecule has 0 aromatic carbocycles. The predicted octanol–water partition coefficient (Wildman–Crippen LogP) is 4.59. The molecule has 1 fully saturated rings. The molecule has 0 aliphatic carbocycles. The Morgan fingerprint density at radius 1 is 1.22 bits per heavy atom. The Morgan fingerprint density at radius 2 is 2.08 bits per heavy atom. The summed E-state index contributed by atoms with van der Waals surface area (Å²) in [6.45, 7) is 1.87.